The molecule has 3 atom stereocenters. The average molecular weight is 372 g/mol. The third kappa shape index (κ3) is 4.29. The maximum absolute atomic E-state index is 10.0. The number of hydrazine groups is 1. The fourth-order valence-corrected chi connectivity index (χ4v) is 3.36. The minimum absolute atomic E-state index is 0.00629. The minimum atomic E-state index is -0.559. The van der Waals surface area contributed by atoms with Gasteiger partial charge in [-0.3, -0.25) is 5.84 Å². The number of nitrogen functional groups attached to an aromatic ring is 1. The summed E-state index contributed by atoms with van der Waals surface area (Å²) < 4.78 is 5.78. The Kier molecular flexibility index (Phi) is 5.79. The number of aliphatic hydroxyl groups excluding tert-OH is 1. The van der Waals surface area contributed by atoms with Gasteiger partial charge in [0.15, 0.2) is 0 Å². The first kappa shape index (κ1) is 19.3. The smallest absolute Gasteiger partial charge is 0.132 e. The molecule has 6 N–H and O–H groups in total. The Balaban J connectivity index is 1.84. The molecular weight excluding hydrogens is 344 g/mol. The number of aromatic nitrogens is 2. The lowest BCUT2D eigenvalue weighted by Gasteiger charge is -2.24. The van der Waals surface area contributed by atoms with Crippen LogP contribution in [0.15, 0.2) is 30.6 Å². The molecule has 0 saturated carbocycles. The number of β-amino-alcohol motifs (C(OH)–C–C–N with tert-alkyl or cyclic N) is 1. The molecule has 0 radical (unpaired) electrons. The highest BCUT2D eigenvalue weighted by molar-refractivity contribution is 5.55. The number of ether oxygens (including phenoxy) is 1. The van der Waals surface area contributed by atoms with E-state index in [9.17, 15) is 5.11 Å². The van der Waals surface area contributed by atoms with Crippen molar-refractivity contribution >= 4 is 11.5 Å². The van der Waals surface area contributed by atoms with Crippen LogP contribution >= 0.6 is 0 Å². The fourth-order valence-electron chi connectivity index (χ4n) is 3.36. The average Bonchev–Trinajstić information content (AvgIpc) is 2.89. The van der Waals surface area contributed by atoms with Gasteiger partial charge in [0.2, 0.25) is 0 Å². The molecule has 146 valence electrons. The summed E-state index contributed by atoms with van der Waals surface area (Å²) in [5.74, 6) is 7.21. The second kappa shape index (κ2) is 8.08. The van der Waals surface area contributed by atoms with Crippen LogP contribution in [0.4, 0.5) is 11.5 Å². The van der Waals surface area contributed by atoms with E-state index in [1.165, 1.54) is 6.33 Å². The predicted molar refractivity (Wildman–Crippen MR) is 106 cm³/mol. The van der Waals surface area contributed by atoms with Crippen LogP contribution in [-0.2, 0) is 6.42 Å². The summed E-state index contributed by atoms with van der Waals surface area (Å²) >= 11 is 0. The summed E-state index contributed by atoms with van der Waals surface area (Å²) in [6.45, 7) is 6.43. The van der Waals surface area contributed by atoms with Crippen molar-refractivity contribution in [3.8, 4) is 5.75 Å². The number of nitrogens with zero attached hydrogens (tertiary/aromatic N) is 3. The standard InChI is InChI=1S/C19H28N6O2/c1-11(2)27-15-4-5-16(24-21)13(7-15)6-14-8-18(23-10-22-14)25-9-17(26)19(20)12(25)3/h4-5,7-8,10-12,17,19,24,26H,6,9,20-21H2,1-3H3. The first-order chi connectivity index (χ1) is 12.9. The van der Waals surface area contributed by atoms with E-state index in [2.05, 4.69) is 15.4 Å². The van der Waals surface area contributed by atoms with Crippen molar-refractivity contribution in [2.45, 2.75) is 51.5 Å². The van der Waals surface area contributed by atoms with Crippen molar-refractivity contribution in [2.75, 3.05) is 16.9 Å². The van der Waals surface area contributed by atoms with E-state index >= 15 is 0 Å². The first-order valence-electron chi connectivity index (χ1n) is 9.16. The van der Waals surface area contributed by atoms with Gasteiger partial charge in [-0.1, -0.05) is 0 Å². The number of rotatable bonds is 6. The molecule has 27 heavy (non-hydrogen) atoms. The van der Waals surface area contributed by atoms with E-state index < -0.39 is 6.10 Å². The molecule has 1 aromatic carbocycles. The van der Waals surface area contributed by atoms with E-state index in [0.717, 1.165) is 28.5 Å². The summed E-state index contributed by atoms with van der Waals surface area (Å²) in [4.78, 5) is 10.8. The largest absolute Gasteiger partial charge is 0.491 e. The second-order valence-corrected chi connectivity index (χ2v) is 7.21. The van der Waals surface area contributed by atoms with Crippen molar-refractivity contribution < 1.29 is 9.84 Å². The Morgan fingerprint density at radius 1 is 1.33 bits per heavy atom. The number of anilines is 2. The third-order valence-corrected chi connectivity index (χ3v) is 4.86. The van der Waals surface area contributed by atoms with Crippen LogP contribution in [0.2, 0.25) is 0 Å². The van der Waals surface area contributed by atoms with E-state index in [0.29, 0.717) is 13.0 Å². The molecule has 3 unspecified atom stereocenters. The normalized spacial score (nSPS) is 22.3. The lowest BCUT2D eigenvalue weighted by Crippen LogP contribution is -2.40. The summed E-state index contributed by atoms with van der Waals surface area (Å²) in [5, 5.41) is 10.0. The highest BCUT2D eigenvalue weighted by Crippen LogP contribution is 2.27. The van der Waals surface area contributed by atoms with E-state index in [4.69, 9.17) is 16.3 Å². The zero-order valence-corrected chi connectivity index (χ0v) is 16.0. The van der Waals surface area contributed by atoms with Gasteiger partial charge in [0, 0.05) is 25.1 Å². The van der Waals surface area contributed by atoms with Crippen LogP contribution in [-0.4, -0.2) is 45.9 Å². The summed E-state index contributed by atoms with van der Waals surface area (Å²) in [7, 11) is 0. The van der Waals surface area contributed by atoms with Crippen LogP contribution in [0.1, 0.15) is 32.0 Å². The number of nitrogens with one attached hydrogen (secondary N) is 1. The Labute approximate surface area is 159 Å². The highest BCUT2D eigenvalue weighted by atomic mass is 16.5. The maximum atomic E-state index is 10.0. The maximum Gasteiger partial charge on any atom is 0.132 e. The third-order valence-electron chi connectivity index (χ3n) is 4.86. The fraction of sp³-hybridized carbons (Fsp3) is 0.474. The van der Waals surface area contributed by atoms with Crippen LogP contribution in [0, 0.1) is 0 Å². The number of nitrogens with two attached hydrogens (primary N) is 2. The molecule has 0 aliphatic carbocycles. The number of aliphatic hydroxyl groups is 1. The molecule has 1 fully saturated rings. The summed E-state index contributed by atoms with van der Waals surface area (Å²) in [6, 6.07) is 7.39. The van der Waals surface area contributed by atoms with Gasteiger partial charge in [0.1, 0.15) is 17.9 Å². The van der Waals surface area contributed by atoms with Crippen molar-refractivity contribution in [3.05, 3.63) is 41.9 Å². The SMILES string of the molecule is CC(C)Oc1ccc(NN)c(Cc2cc(N3CC(O)C(N)C3C)ncn2)c1. The molecule has 0 bridgehead atoms. The van der Waals surface area contributed by atoms with Crippen molar-refractivity contribution in [1.29, 1.82) is 0 Å². The van der Waals surface area contributed by atoms with Gasteiger partial charge in [-0.15, -0.1) is 0 Å². The first-order valence-corrected chi connectivity index (χ1v) is 9.16. The van der Waals surface area contributed by atoms with Gasteiger partial charge in [-0.25, -0.2) is 9.97 Å². The van der Waals surface area contributed by atoms with Crippen molar-refractivity contribution in [1.82, 2.24) is 9.97 Å². The minimum Gasteiger partial charge on any atom is -0.491 e. The van der Waals surface area contributed by atoms with E-state index in [1.807, 2.05) is 49.9 Å². The molecule has 2 aromatic rings. The van der Waals surface area contributed by atoms with Gasteiger partial charge >= 0.3 is 0 Å². The Morgan fingerprint density at radius 2 is 2.11 bits per heavy atom. The lowest BCUT2D eigenvalue weighted by molar-refractivity contribution is 0.175. The molecule has 0 spiro atoms. The van der Waals surface area contributed by atoms with Gasteiger partial charge in [0.05, 0.1) is 29.6 Å². The van der Waals surface area contributed by atoms with Gasteiger partial charge < -0.3 is 25.9 Å². The second-order valence-electron chi connectivity index (χ2n) is 7.21. The number of hydrogen-bond acceptors (Lipinski definition) is 8. The predicted octanol–water partition coefficient (Wildman–Crippen LogP) is 1.04. The van der Waals surface area contributed by atoms with Crippen LogP contribution in [0.3, 0.4) is 0 Å². The number of benzene rings is 1. The Hall–Kier alpha value is -2.42. The van der Waals surface area contributed by atoms with Crippen LogP contribution in [0.5, 0.6) is 5.75 Å². The topological polar surface area (TPSA) is 123 Å². The zero-order valence-electron chi connectivity index (χ0n) is 16.0. The molecule has 8 nitrogen and oxygen atoms in total. The molecule has 1 aliphatic rings. The summed E-state index contributed by atoms with van der Waals surface area (Å²) in [6.07, 6.45) is 1.64. The van der Waals surface area contributed by atoms with Gasteiger partial charge in [-0.2, -0.15) is 0 Å². The Morgan fingerprint density at radius 3 is 2.74 bits per heavy atom. The van der Waals surface area contributed by atoms with Crippen molar-refractivity contribution in [3.63, 3.8) is 0 Å². The molecule has 8 heteroatoms. The molecule has 1 saturated heterocycles. The monoisotopic (exact) mass is 372 g/mol. The highest BCUT2D eigenvalue weighted by Gasteiger charge is 2.36. The van der Waals surface area contributed by atoms with Crippen molar-refractivity contribution in [2.24, 2.45) is 11.6 Å². The quantitative estimate of drug-likeness (QED) is 0.438. The molecule has 1 aliphatic heterocycles. The lowest BCUT2D eigenvalue weighted by atomic mass is 10.1. The van der Waals surface area contributed by atoms with E-state index in [-0.39, 0.29) is 18.2 Å². The van der Waals surface area contributed by atoms with Crippen LogP contribution < -0.4 is 26.6 Å². The molecular formula is C19H28N6O2. The van der Waals surface area contributed by atoms with Gasteiger partial charge in [-0.05, 0) is 44.5 Å². The van der Waals surface area contributed by atoms with Gasteiger partial charge in [0.25, 0.3) is 0 Å². The van der Waals surface area contributed by atoms with Crippen LogP contribution in [0.25, 0.3) is 0 Å². The molecule has 3 rings (SSSR count). The molecule has 2 heterocycles. The Bertz CT molecular complexity index is 785. The number of hydrogen-bond donors (Lipinski definition) is 4. The summed E-state index contributed by atoms with van der Waals surface area (Å²) in [5.41, 5.74) is 11.4. The van der Waals surface area contributed by atoms with E-state index in [1.54, 1.807) is 0 Å². The molecule has 1 aromatic heterocycles. The zero-order chi connectivity index (χ0) is 19.6. The molecule has 0 amide bonds.